The maximum absolute atomic E-state index is 12.6. The molecule has 0 aliphatic carbocycles. The third-order valence-corrected chi connectivity index (χ3v) is 5.64. The van der Waals surface area contributed by atoms with E-state index in [4.69, 9.17) is 0 Å². The van der Waals surface area contributed by atoms with Gasteiger partial charge >= 0.3 is 0 Å². The second-order valence-corrected chi connectivity index (χ2v) is 7.66. The highest BCUT2D eigenvalue weighted by molar-refractivity contribution is 5.85. The van der Waals surface area contributed by atoms with Gasteiger partial charge < -0.3 is 9.80 Å². The number of hydrogen-bond donors (Lipinski definition) is 1. The van der Waals surface area contributed by atoms with Crippen LogP contribution in [0, 0.1) is 5.92 Å². The fourth-order valence-electron chi connectivity index (χ4n) is 4.03. The van der Waals surface area contributed by atoms with Gasteiger partial charge in [-0.05, 0) is 37.2 Å². The normalized spacial score (nSPS) is 21.9. The lowest BCUT2D eigenvalue weighted by molar-refractivity contribution is -0.143. The first-order valence-corrected chi connectivity index (χ1v) is 9.98. The number of carbonyl (C=O) groups excluding carboxylic acids is 2. The summed E-state index contributed by atoms with van der Waals surface area (Å²) in [7, 11) is 0. The molecule has 0 spiro atoms. The Kier molecular flexibility index (Phi) is 6.67. The highest BCUT2D eigenvalue weighted by Gasteiger charge is 2.29. The molecule has 1 aromatic carbocycles. The summed E-state index contributed by atoms with van der Waals surface area (Å²) in [6.07, 6.45) is 5.79. The van der Waals surface area contributed by atoms with Gasteiger partial charge in [0, 0.05) is 25.6 Å². The van der Waals surface area contributed by atoms with Crippen LogP contribution < -0.4 is 5.32 Å². The van der Waals surface area contributed by atoms with E-state index in [0.29, 0.717) is 19.0 Å². The average Bonchev–Trinajstić information content (AvgIpc) is 2.65. The van der Waals surface area contributed by atoms with E-state index >= 15 is 0 Å². The molecule has 2 amide bonds. The van der Waals surface area contributed by atoms with Crippen LogP contribution in [0.4, 0.5) is 0 Å². The van der Waals surface area contributed by atoms with E-state index in [0.717, 1.165) is 45.2 Å². The highest BCUT2D eigenvalue weighted by Crippen LogP contribution is 2.22. The third-order valence-electron chi connectivity index (χ3n) is 5.64. The topological polar surface area (TPSA) is 52.7 Å². The van der Waals surface area contributed by atoms with Crippen LogP contribution in [0.2, 0.25) is 0 Å². The smallest absolute Gasteiger partial charge is 0.242 e. The van der Waals surface area contributed by atoms with Gasteiger partial charge in [0.2, 0.25) is 11.8 Å². The van der Waals surface area contributed by atoms with Crippen LogP contribution in [0.1, 0.15) is 44.6 Å². The zero-order valence-corrected chi connectivity index (χ0v) is 15.8. The largest absolute Gasteiger partial charge is 0.341 e. The van der Waals surface area contributed by atoms with E-state index in [1.165, 1.54) is 5.56 Å². The summed E-state index contributed by atoms with van der Waals surface area (Å²) >= 11 is 0. The molecule has 2 aliphatic heterocycles. The molecule has 0 saturated carbocycles. The standard InChI is InChI=1S/C21H31N3O2/c1-2-6-19-14-20(25)24(16-22-19)15-21(26)23-11-9-18(10-12-23)13-17-7-4-3-5-8-17/h3-5,7-8,18-19,22H,2,6,9-16H2,1H3. The fraction of sp³-hybridized carbons (Fsp3) is 0.619. The summed E-state index contributed by atoms with van der Waals surface area (Å²) < 4.78 is 0. The van der Waals surface area contributed by atoms with E-state index in [2.05, 4.69) is 36.5 Å². The predicted octanol–water partition coefficient (Wildman–Crippen LogP) is 2.42. The zero-order valence-electron chi connectivity index (χ0n) is 15.8. The first kappa shape index (κ1) is 18.9. The van der Waals surface area contributed by atoms with Gasteiger partial charge in [-0.15, -0.1) is 0 Å². The number of benzene rings is 1. The van der Waals surface area contributed by atoms with Crippen LogP contribution in [-0.2, 0) is 16.0 Å². The van der Waals surface area contributed by atoms with Gasteiger partial charge in [0.05, 0.1) is 6.67 Å². The van der Waals surface area contributed by atoms with Crippen LogP contribution >= 0.6 is 0 Å². The first-order valence-electron chi connectivity index (χ1n) is 9.98. The van der Waals surface area contributed by atoms with Crippen molar-refractivity contribution in [3.8, 4) is 0 Å². The van der Waals surface area contributed by atoms with Gasteiger partial charge in [-0.1, -0.05) is 43.7 Å². The van der Waals surface area contributed by atoms with Gasteiger partial charge in [0.15, 0.2) is 0 Å². The molecule has 0 radical (unpaired) electrons. The van der Waals surface area contributed by atoms with Gasteiger partial charge in [-0.25, -0.2) is 0 Å². The molecule has 2 aliphatic rings. The lowest BCUT2D eigenvalue weighted by Gasteiger charge is -2.36. The lowest BCUT2D eigenvalue weighted by atomic mass is 9.90. The van der Waals surface area contributed by atoms with Crippen molar-refractivity contribution < 1.29 is 9.59 Å². The van der Waals surface area contributed by atoms with Crippen molar-refractivity contribution in [2.75, 3.05) is 26.3 Å². The summed E-state index contributed by atoms with van der Waals surface area (Å²) in [5, 5.41) is 3.38. The fourth-order valence-corrected chi connectivity index (χ4v) is 4.03. The number of piperidine rings is 1. The van der Waals surface area contributed by atoms with Crippen molar-refractivity contribution >= 4 is 11.8 Å². The minimum absolute atomic E-state index is 0.0900. The Morgan fingerprint density at radius 1 is 1.19 bits per heavy atom. The molecule has 5 heteroatoms. The number of carbonyl (C=O) groups is 2. The summed E-state index contributed by atoms with van der Waals surface area (Å²) in [6.45, 7) is 4.46. The molecular formula is C21H31N3O2. The monoisotopic (exact) mass is 357 g/mol. The second-order valence-electron chi connectivity index (χ2n) is 7.66. The molecule has 2 heterocycles. The molecule has 1 unspecified atom stereocenters. The molecule has 142 valence electrons. The molecular weight excluding hydrogens is 326 g/mol. The average molecular weight is 357 g/mol. The zero-order chi connectivity index (χ0) is 18.4. The molecule has 3 rings (SSSR count). The Balaban J connectivity index is 1.42. The van der Waals surface area contributed by atoms with Gasteiger partial charge in [-0.3, -0.25) is 14.9 Å². The molecule has 26 heavy (non-hydrogen) atoms. The van der Waals surface area contributed by atoms with Gasteiger partial charge in [-0.2, -0.15) is 0 Å². The molecule has 0 bridgehead atoms. The van der Waals surface area contributed by atoms with Crippen molar-refractivity contribution in [3.05, 3.63) is 35.9 Å². The number of likely N-dealkylation sites (tertiary alicyclic amines) is 1. The van der Waals surface area contributed by atoms with Crippen molar-refractivity contribution in [1.29, 1.82) is 0 Å². The number of nitrogens with zero attached hydrogens (tertiary/aromatic N) is 2. The summed E-state index contributed by atoms with van der Waals surface area (Å²) in [5.41, 5.74) is 1.38. The van der Waals surface area contributed by atoms with Crippen molar-refractivity contribution in [2.45, 2.75) is 51.5 Å². The summed E-state index contributed by atoms with van der Waals surface area (Å²) in [4.78, 5) is 28.5. The Bertz CT molecular complexity index is 597. The van der Waals surface area contributed by atoms with E-state index < -0.39 is 0 Å². The van der Waals surface area contributed by atoms with Crippen LogP contribution in [0.25, 0.3) is 0 Å². The van der Waals surface area contributed by atoms with Crippen molar-refractivity contribution in [3.63, 3.8) is 0 Å². The highest BCUT2D eigenvalue weighted by atomic mass is 16.2. The van der Waals surface area contributed by atoms with E-state index in [1.54, 1.807) is 4.90 Å². The molecule has 1 N–H and O–H groups in total. The molecule has 1 aromatic rings. The SMILES string of the molecule is CCCC1CC(=O)N(CC(=O)N2CCC(Cc3ccccc3)CC2)CN1. The Hall–Kier alpha value is -1.88. The number of rotatable bonds is 6. The quantitative estimate of drug-likeness (QED) is 0.851. The van der Waals surface area contributed by atoms with Crippen LogP contribution in [-0.4, -0.2) is 54.0 Å². The van der Waals surface area contributed by atoms with Crippen LogP contribution in [0.15, 0.2) is 30.3 Å². The summed E-state index contributed by atoms with van der Waals surface area (Å²) in [6, 6.07) is 10.8. The first-order chi connectivity index (χ1) is 12.7. The van der Waals surface area contributed by atoms with Crippen molar-refractivity contribution in [1.82, 2.24) is 15.1 Å². The maximum atomic E-state index is 12.6. The van der Waals surface area contributed by atoms with E-state index in [9.17, 15) is 9.59 Å². The molecule has 2 saturated heterocycles. The van der Waals surface area contributed by atoms with Crippen LogP contribution in [0.5, 0.6) is 0 Å². The Labute approximate surface area is 156 Å². The molecule has 2 fully saturated rings. The minimum Gasteiger partial charge on any atom is -0.341 e. The number of hydrogen-bond acceptors (Lipinski definition) is 3. The number of amides is 2. The Morgan fingerprint density at radius 3 is 2.58 bits per heavy atom. The number of nitrogens with one attached hydrogen (secondary N) is 1. The molecule has 0 aromatic heterocycles. The predicted molar refractivity (Wildman–Crippen MR) is 102 cm³/mol. The molecule has 1 atom stereocenters. The van der Waals surface area contributed by atoms with Crippen molar-refractivity contribution in [2.24, 2.45) is 5.92 Å². The van der Waals surface area contributed by atoms with Gasteiger partial charge in [0.1, 0.15) is 6.54 Å². The van der Waals surface area contributed by atoms with Crippen LogP contribution in [0.3, 0.4) is 0 Å². The van der Waals surface area contributed by atoms with E-state index in [-0.39, 0.29) is 24.4 Å². The maximum Gasteiger partial charge on any atom is 0.242 e. The Morgan fingerprint density at radius 2 is 1.92 bits per heavy atom. The minimum atomic E-state index is 0.0900. The third kappa shape index (κ3) is 5.07. The molecule has 5 nitrogen and oxygen atoms in total. The summed E-state index contributed by atoms with van der Waals surface area (Å²) in [5.74, 6) is 0.844. The lowest BCUT2D eigenvalue weighted by Crippen LogP contribution is -2.54. The van der Waals surface area contributed by atoms with Gasteiger partial charge in [0.25, 0.3) is 0 Å². The second kappa shape index (κ2) is 9.17. The van der Waals surface area contributed by atoms with E-state index in [1.807, 2.05) is 11.0 Å².